The van der Waals surface area contributed by atoms with Crippen LogP contribution in [0.4, 0.5) is 10.6 Å². The predicted octanol–water partition coefficient (Wildman–Crippen LogP) is 5.26. The Morgan fingerprint density at radius 1 is 1.17 bits per heavy atom. The zero-order chi connectivity index (χ0) is 21.3. The number of fused-ring (bicyclic) bond motifs is 1. The molecule has 4 rings (SSSR count). The number of anilines is 1. The van der Waals surface area contributed by atoms with Gasteiger partial charge in [-0.15, -0.1) is 0 Å². The van der Waals surface area contributed by atoms with Crippen molar-refractivity contribution in [3.63, 3.8) is 0 Å². The van der Waals surface area contributed by atoms with Gasteiger partial charge in [0.15, 0.2) is 0 Å². The van der Waals surface area contributed by atoms with E-state index in [1.807, 2.05) is 92.2 Å². The summed E-state index contributed by atoms with van der Waals surface area (Å²) in [5.41, 5.74) is 5.40. The van der Waals surface area contributed by atoms with Crippen molar-refractivity contribution in [1.82, 2.24) is 25.5 Å². The molecule has 3 aromatic heterocycles. The molecule has 2 amide bonds. The summed E-state index contributed by atoms with van der Waals surface area (Å²) in [6.07, 6.45) is 1.77. The number of pyridine rings is 2. The zero-order valence-electron chi connectivity index (χ0n) is 16.8. The maximum absolute atomic E-state index is 12.8. The third kappa shape index (κ3) is 4.00. The highest BCUT2D eigenvalue weighted by Gasteiger charge is 2.20. The number of hydrogen-bond donors (Lipinski definition) is 2. The molecule has 0 saturated carbocycles. The average Bonchev–Trinajstić information content (AvgIpc) is 3.18. The number of carbonyl (C=O) groups is 1. The summed E-state index contributed by atoms with van der Waals surface area (Å²) in [6.45, 7) is 5.83. The Labute approximate surface area is 188 Å². The molecule has 7 nitrogen and oxygen atoms in total. The number of aromatic nitrogens is 4. The lowest BCUT2D eigenvalue weighted by Crippen LogP contribution is -2.35. The standard InChI is InChI=1S/C22H21IN6O/c1-13-11-17(9-10-24-13)21-20-15(3)25-19(12-18(20)27-28-21)29(23)22(30)26-14(2)16-7-5-4-6-8-16/h4-12,14H,1-3H3,(H,26,30)(H,27,28). The maximum atomic E-state index is 12.8. The first-order valence-corrected chi connectivity index (χ1v) is 10.5. The third-order valence-electron chi connectivity index (χ3n) is 4.90. The molecule has 0 saturated heterocycles. The van der Waals surface area contributed by atoms with Gasteiger partial charge in [-0.25, -0.2) is 12.9 Å². The number of aryl methyl sites for hydroxylation is 2. The number of hydrogen-bond acceptors (Lipinski definition) is 4. The molecule has 8 heteroatoms. The maximum Gasteiger partial charge on any atom is 0.332 e. The minimum atomic E-state index is -0.234. The van der Waals surface area contributed by atoms with Gasteiger partial charge in [-0.3, -0.25) is 10.1 Å². The second-order valence-electron chi connectivity index (χ2n) is 7.11. The van der Waals surface area contributed by atoms with Gasteiger partial charge in [0, 0.05) is 28.9 Å². The van der Waals surface area contributed by atoms with Gasteiger partial charge in [0.05, 0.1) is 40.1 Å². The van der Waals surface area contributed by atoms with E-state index in [1.165, 1.54) is 3.11 Å². The minimum Gasteiger partial charge on any atom is -0.331 e. The molecule has 152 valence electrons. The Hall–Kier alpha value is -3.01. The summed E-state index contributed by atoms with van der Waals surface area (Å²) in [4.78, 5) is 21.7. The molecule has 1 atom stereocenters. The Morgan fingerprint density at radius 3 is 2.67 bits per heavy atom. The van der Waals surface area contributed by atoms with E-state index in [4.69, 9.17) is 0 Å². The van der Waals surface area contributed by atoms with Crippen molar-refractivity contribution in [1.29, 1.82) is 0 Å². The normalized spacial score (nSPS) is 12.0. The largest absolute Gasteiger partial charge is 0.332 e. The highest BCUT2D eigenvalue weighted by molar-refractivity contribution is 14.1. The summed E-state index contributed by atoms with van der Waals surface area (Å²) in [6, 6.07) is 15.3. The first-order valence-electron chi connectivity index (χ1n) is 9.54. The van der Waals surface area contributed by atoms with Crippen LogP contribution in [0.5, 0.6) is 0 Å². The van der Waals surface area contributed by atoms with Crippen LogP contribution in [0.25, 0.3) is 22.2 Å². The van der Waals surface area contributed by atoms with E-state index in [1.54, 1.807) is 6.20 Å². The van der Waals surface area contributed by atoms with Gasteiger partial charge < -0.3 is 5.32 Å². The molecule has 30 heavy (non-hydrogen) atoms. The second kappa shape index (κ2) is 8.39. The van der Waals surface area contributed by atoms with Crippen molar-refractivity contribution in [2.75, 3.05) is 3.11 Å². The molecular formula is C22H21IN6O. The van der Waals surface area contributed by atoms with Gasteiger partial charge in [0.2, 0.25) is 0 Å². The molecule has 0 radical (unpaired) electrons. The number of carbonyl (C=O) groups excluding carboxylic acids is 1. The highest BCUT2D eigenvalue weighted by atomic mass is 127. The molecule has 0 aliphatic carbocycles. The van der Waals surface area contributed by atoms with Crippen molar-refractivity contribution in [3.05, 3.63) is 71.7 Å². The predicted molar refractivity (Wildman–Crippen MR) is 126 cm³/mol. The molecule has 0 spiro atoms. The van der Waals surface area contributed by atoms with Crippen LogP contribution in [0, 0.1) is 13.8 Å². The lowest BCUT2D eigenvalue weighted by molar-refractivity contribution is 0.247. The van der Waals surface area contributed by atoms with Gasteiger partial charge >= 0.3 is 6.03 Å². The first kappa shape index (κ1) is 20.3. The number of aromatic amines is 1. The van der Waals surface area contributed by atoms with Crippen LogP contribution >= 0.6 is 22.9 Å². The number of nitrogens with zero attached hydrogens (tertiary/aromatic N) is 4. The van der Waals surface area contributed by atoms with Crippen LogP contribution in [0.15, 0.2) is 54.7 Å². The Balaban J connectivity index is 1.61. The lowest BCUT2D eigenvalue weighted by Gasteiger charge is -2.19. The fourth-order valence-corrected chi connectivity index (χ4v) is 3.77. The van der Waals surface area contributed by atoms with Crippen LogP contribution in [-0.4, -0.2) is 26.2 Å². The third-order valence-corrected chi connectivity index (χ3v) is 5.83. The highest BCUT2D eigenvalue weighted by Crippen LogP contribution is 2.31. The molecule has 4 aromatic rings. The molecule has 2 N–H and O–H groups in total. The fourth-order valence-electron chi connectivity index (χ4n) is 3.39. The van der Waals surface area contributed by atoms with Crippen LogP contribution in [0.3, 0.4) is 0 Å². The van der Waals surface area contributed by atoms with E-state index in [0.717, 1.165) is 39.1 Å². The average molecular weight is 512 g/mol. The summed E-state index contributed by atoms with van der Waals surface area (Å²) in [5, 5.41) is 11.5. The number of nitrogens with one attached hydrogen (secondary N) is 2. The number of benzene rings is 1. The number of halogens is 1. The summed E-state index contributed by atoms with van der Waals surface area (Å²) >= 11 is 1.97. The van der Waals surface area contributed by atoms with Crippen LogP contribution < -0.4 is 8.43 Å². The topological polar surface area (TPSA) is 86.8 Å². The fraction of sp³-hybridized carbons (Fsp3) is 0.182. The van der Waals surface area contributed by atoms with Crippen molar-refractivity contribution in [2.24, 2.45) is 0 Å². The van der Waals surface area contributed by atoms with Gasteiger partial charge in [-0.2, -0.15) is 5.10 Å². The van der Waals surface area contributed by atoms with Crippen LogP contribution in [0.2, 0.25) is 0 Å². The molecule has 0 aliphatic heterocycles. The minimum absolute atomic E-state index is 0.116. The Morgan fingerprint density at radius 2 is 1.93 bits per heavy atom. The summed E-state index contributed by atoms with van der Waals surface area (Å²) in [5.74, 6) is 0.541. The van der Waals surface area contributed by atoms with Crippen molar-refractivity contribution < 1.29 is 4.79 Å². The quantitative estimate of drug-likeness (QED) is 0.289. The summed E-state index contributed by atoms with van der Waals surface area (Å²) in [7, 11) is 0. The van der Waals surface area contributed by atoms with E-state index < -0.39 is 0 Å². The van der Waals surface area contributed by atoms with E-state index in [0.29, 0.717) is 5.82 Å². The van der Waals surface area contributed by atoms with Crippen molar-refractivity contribution >= 4 is 45.6 Å². The molecule has 0 aliphatic rings. The molecule has 0 bridgehead atoms. The van der Waals surface area contributed by atoms with E-state index in [9.17, 15) is 4.79 Å². The van der Waals surface area contributed by atoms with Crippen LogP contribution in [-0.2, 0) is 0 Å². The first-order chi connectivity index (χ1) is 14.4. The van der Waals surface area contributed by atoms with E-state index >= 15 is 0 Å². The Bertz CT molecular complexity index is 1210. The van der Waals surface area contributed by atoms with Gasteiger partial charge in [0.1, 0.15) is 11.5 Å². The van der Waals surface area contributed by atoms with Gasteiger partial charge in [-0.05, 0) is 38.5 Å². The van der Waals surface area contributed by atoms with Crippen molar-refractivity contribution in [2.45, 2.75) is 26.8 Å². The molecule has 1 unspecified atom stereocenters. The zero-order valence-corrected chi connectivity index (χ0v) is 19.0. The second-order valence-corrected chi connectivity index (χ2v) is 8.07. The number of amides is 2. The number of H-pyrrole nitrogens is 1. The smallest absolute Gasteiger partial charge is 0.331 e. The van der Waals surface area contributed by atoms with Gasteiger partial charge in [0.25, 0.3) is 0 Å². The molecule has 1 aromatic carbocycles. The SMILES string of the molecule is Cc1cc(-c2n[nH]c3cc(N(I)C(=O)NC(C)c4ccccc4)nc(C)c23)ccn1. The van der Waals surface area contributed by atoms with E-state index in [-0.39, 0.29) is 12.1 Å². The number of urea groups is 1. The lowest BCUT2D eigenvalue weighted by atomic mass is 10.1. The van der Waals surface area contributed by atoms with E-state index in [2.05, 4.69) is 25.5 Å². The molecule has 3 heterocycles. The van der Waals surface area contributed by atoms with Gasteiger partial charge in [-0.1, -0.05) is 30.3 Å². The molecular weight excluding hydrogens is 491 g/mol. The van der Waals surface area contributed by atoms with Crippen molar-refractivity contribution in [3.8, 4) is 11.3 Å². The molecule has 0 fully saturated rings. The Kier molecular flexibility index (Phi) is 5.67. The summed E-state index contributed by atoms with van der Waals surface area (Å²) < 4.78 is 1.49. The number of rotatable bonds is 4. The van der Waals surface area contributed by atoms with Crippen LogP contribution in [0.1, 0.15) is 29.9 Å². The monoisotopic (exact) mass is 512 g/mol.